The summed E-state index contributed by atoms with van der Waals surface area (Å²) in [6.07, 6.45) is 0. The van der Waals surface area contributed by atoms with Crippen LogP contribution >= 0.6 is 0 Å². The first-order valence-corrected chi connectivity index (χ1v) is 8.50. The Morgan fingerprint density at radius 2 is 1.73 bits per heavy atom. The molecule has 5 heteroatoms. The number of ketones is 2. The predicted molar refractivity (Wildman–Crippen MR) is 98.3 cm³/mol. The van der Waals surface area contributed by atoms with Gasteiger partial charge in [-0.1, -0.05) is 24.3 Å². The van der Waals surface area contributed by atoms with Crippen LogP contribution in [0.2, 0.25) is 0 Å². The van der Waals surface area contributed by atoms with Gasteiger partial charge in [-0.15, -0.1) is 0 Å². The fourth-order valence-electron chi connectivity index (χ4n) is 3.34. The van der Waals surface area contributed by atoms with Crippen molar-refractivity contribution in [3.8, 4) is 5.75 Å². The largest absolute Gasteiger partial charge is 0.492 e. The summed E-state index contributed by atoms with van der Waals surface area (Å²) in [5.41, 5.74) is 2.54. The van der Waals surface area contributed by atoms with E-state index in [0.29, 0.717) is 40.0 Å². The summed E-state index contributed by atoms with van der Waals surface area (Å²) >= 11 is 0. The van der Waals surface area contributed by atoms with Crippen LogP contribution in [0, 0.1) is 6.92 Å². The molecule has 0 saturated heterocycles. The molecular formula is C21H19NO4. The average molecular weight is 349 g/mol. The molecule has 0 spiro atoms. The van der Waals surface area contributed by atoms with E-state index in [1.807, 2.05) is 32.0 Å². The third-order valence-corrected chi connectivity index (χ3v) is 4.62. The SMILES string of the molecule is Cc1cc(OCCN(C)C)cc2oc3c(c12)C(=O)c1ccccc1C3=O. The van der Waals surface area contributed by atoms with Gasteiger partial charge >= 0.3 is 0 Å². The Morgan fingerprint density at radius 1 is 1.04 bits per heavy atom. The summed E-state index contributed by atoms with van der Waals surface area (Å²) < 4.78 is 11.6. The fraction of sp³-hybridized carbons (Fsp3) is 0.238. The zero-order valence-electron chi connectivity index (χ0n) is 15.0. The lowest BCUT2D eigenvalue weighted by Crippen LogP contribution is -2.19. The number of hydrogen-bond donors (Lipinski definition) is 0. The summed E-state index contributed by atoms with van der Waals surface area (Å²) in [4.78, 5) is 27.8. The van der Waals surface area contributed by atoms with Crippen LogP contribution in [0.4, 0.5) is 0 Å². The second-order valence-corrected chi connectivity index (χ2v) is 6.78. The molecule has 132 valence electrons. The van der Waals surface area contributed by atoms with Crippen molar-refractivity contribution in [2.45, 2.75) is 6.92 Å². The molecule has 2 aromatic carbocycles. The van der Waals surface area contributed by atoms with Gasteiger partial charge in [-0.05, 0) is 32.6 Å². The normalized spacial score (nSPS) is 13.2. The standard InChI is InChI=1S/C21H19NO4/c1-12-10-13(25-9-8-22(2)3)11-16-17(12)18-19(23)14-6-4-5-7-15(14)20(24)21(18)26-16/h4-7,10-11H,8-9H2,1-3H3. The highest BCUT2D eigenvalue weighted by Gasteiger charge is 2.35. The monoisotopic (exact) mass is 349 g/mol. The first-order valence-electron chi connectivity index (χ1n) is 8.50. The van der Waals surface area contributed by atoms with Gasteiger partial charge in [0.25, 0.3) is 0 Å². The Labute approximate surface area is 151 Å². The zero-order chi connectivity index (χ0) is 18.4. The highest BCUT2D eigenvalue weighted by molar-refractivity contribution is 6.31. The lowest BCUT2D eigenvalue weighted by Gasteiger charge is -2.13. The van der Waals surface area contributed by atoms with Crippen molar-refractivity contribution < 1.29 is 18.7 Å². The maximum Gasteiger partial charge on any atom is 0.229 e. The molecule has 1 heterocycles. The first-order chi connectivity index (χ1) is 12.5. The molecule has 5 nitrogen and oxygen atoms in total. The number of fused-ring (bicyclic) bond motifs is 4. The molecular weight excluding hydrogens is 330 g/mol. The van der Waals surface area contributed by atoms with E-state index in [4.69, 9.17) is 9.15 Å². The Bertz CT molecular complexity index is 1050. The van der Waals surface area contributed by atoms with Gasteiger partial charge in [-0.3, -0.25) is 9.59 Å². The van der Waals surface area contributed by atoms with Crippen LogP contribution in [-0.2, 0) is 0 Å². The number of likely N-dealkylation sites (N-methyl/N-ethyl adjacent to an activating group) is 1. The van der Waals surface area contributed by atoms with Crippen LogP contribution in [-0.4, -0.2) is 43.7 Å². The number of furan rings is 1. The van der Waals surface area contributed by atoms with Gasteiger partial charge in [-0.25, -0.2) is 0 Å². The van der Waals surface area contributed by atoms with E-state index in [1.165, 1.54) is 0 Å². The number of aryl methyl sites for hydroxylation is 1. The van der Waals surface area contributed by atoms with E-state index >= 15 is 0 Å². The van der Waals surface area contributed by atoms with Gasteiger partial charge < -0.3 is 14.1 Å². The summed E-state index contributed by atoms with van der Waals surface area (Å²) in [5.74, 6) is 0.372. The Morgan fingerprint density at radius 3 is 2.42 bits per heavy atom. The van der Waals surface area contributed by atoms with E-state index in [1.54, 1.807) is 30.3 Å². The topological polar surface area (TPSA) is 59.8 Å². The molecule has 0 unspecified atom stereocenters. The molecule has 4 rings (SSSR count). The van der Waals surface area contributed by atoms with E-state index in [0.717, 1.165) is 12.1 Å². The molecule has 3 aromatic rings. The number of rotatable bonds is 4. The van der Waals surface area contributed by atoms with E-state index in [-0.39, 0.29) is 17.3 Å². The van der Waals surface area contributed by atoms with Gasteiger partial charge in [0.2, 0.25) is 5.78 Å². The predicted octanol–water partition coefficient (Wildman–Crippen LogP) is 3.46. The van der Waals surface area contributed by atoms with Gasteiger partial charge in [0.05, 0.1) is 5.56 Å². The second-order valence-electron chi connectivity index (χ2n) is 6.78. The third-order valence-electron chi connectivity index (χ3n) is 4.62. The third kappa shape index (κ3) is 2.52. The fourth-order valence-corrected chi connectivity index (χ4v) is 3.34. The van der Waals surface area contributed by atoms with Crippen molar-refractivity contribution in [1.82, 2.24) is 4.90 Å². The molecule has 0 saturated carbocycles. The number of hydrogen-bond acceptors (Lipinski definition) is 5. The number of benzene rings is 2. The summed E-state index contributed by atoms with van der Waals surface area (Å²) in [6, 6.07) is 10.5. The van der Waals surface area contributed by atoms with Crippen LogP contribution in [0.15, 0.2) is 40.8 Å². The van der Waals surface area contributed by atoms with Gasteiger partial charge in [0.1, 0.15) is 17.9 Å². The maximum atomic E-state index is 13.0. The van der Waals surface area contributed by atoms with Crippen molar-refractivity contribution in [1.29, 1.82) is 0 Å². The average Bonchev–Trinajstić information content (AvgIpc) is 3.00. The van der Waals surface area contributed by atoms with Crippen LogP contribution in [0.25, 0.3) is 11.0 Å². The Kier molecular flexibility index (Phi) is 3.89. The Balaban J connectivity index is 1.82. The zero-order valence-corrected chi connectivity index (χ0v) is 15.0. The lowest BCUT2D eigenvalue weighted by atomic mass is 9.86. The molecule has 1 aromatic heterocycles. The van der Waals surface area contributed by atoms with Gasteiger partial charge in [-0.2, -0.15) is 0 Å². The number of carbonyl (C=O) groups is 2. The summed E-state index contributed by atoms with van der Waals surface area (Å²) in [5, 5.41) is 0.688. The number of ether oxygens (including phenoxy) is 1. The number of carbonyl (C=O) groups excluding carboxylic acids is 2. The lowest BCUT2D eigenvalue weighted by molar-refractivity contribution is 0.0962. The first kappa shape index (κ1) is 16.5. The number of nitrogens with zero attached hydrogens (tertiary/aromatic N) is 1. The highest BCUT2D eigenvalue weighted by atomic mass is 16.5. The second kappa shape index (κ2) is 6.11. The minimum absolute atomic E-state index is 0.122. The van der Waals surface area contributed by atoms with Crippen LogP contribution in [0.5, 0.6) is 5.75 Å². The van der Waals surface area contributed by atoms with E-state index in [9.17, 15) is 9.59 Å². The molecule has 0 amide bonds. The molecule has 0 N–H and O–H groups in total. The quantitative estimate of drug-likeness (QED) is 0.565. The van der Waals surface area contributed by atoms with Crippen molar-refractivity contribution in [3.63, 3.8) is 0 Å². The van der Waals surface area contributed by atoms with Crippen molar-refractivity contribution >= 4 is 22.5 Å². The van der Waals surface area contributed by atoms with Crippen LogP contribution in [0.3, 0.4) is 0 Å². The minimum atomic E-state index is -0.249. The van der Waals surface area contributed by atoms with Crippen LogP contribution < -0.4 is 4.74 Å². The summed E-state index contributed by atoms with van der Waals surface area (Å²) in [7, 11) is 3.96. The van der Waals surface area contributed by atoms with Crippen molar-refractivity contribution in [3.05, 3.63) is 64.4 Å². The molecule has 0 bridgehead atoms. The highest BCUT2D eigenvalue weighted by Crippen LogP contribution is 2.38. The van der Waals surface area contributed by atoms with Crippen LogP contribution in [0.1, 0.15) is 37.6 Å². The minimum Gasteiger partial charge on any atom is -0.492 e. The van der Waals surface area contributed by atoms with Gasteiger partial charge in [0, 0.05) is 29.1 Å². The maximum absolute atomic E-state index is 13.0. The Hall–Kier alpha value is -2.92. The molecule has 0 aliphatic heterocycles. The summed E-state index contributed by atoms with van der Waals surface area (Å²) in [6.45, 7) is 3.23. The molecule has 0 radical (unpaired) electrons. The van der Waals surface area contributed by atoms with E-state index in [2.05, 4.69) is 0 Å². The van der Waals surface area contributed by atoms with Crippen molar-refractivity contribution in [2.75, 3.05) is 27.2 Å². The van der Waals surface area contributed by atoms with E-state index < -0.39 is 0 Å². The molecule has 0 atom stereocenters. The molecule has 1 aliphatic rings. The molecule has 0 fully saturated rings. The smallest absolute Gasteiger partial charge is 0.229 e. The molecule has 26 heavy (non-hydrogen) atoms. The molecule has 1 aliphatic carbocycles. The van der Waals surface area contributed by atoms with Crippen molar-refractivity contribution in [2.24, 2.45) is 0 Å². The van der Waals surface area contributed by atoms with Gasteiger partial charge in [0.15, 0.2) is 11.5 Å².